The first-order valence-corrected chi connectivity index (χ1v) is 12.5. The summed E-state index contributed by atoms with van der Waals surface area (Å²) in [7, 11) is -3.46. The average Bonchev–Trinajstić information content (AvgIpc) is 3.14. The van der Waals surface area contributed by atoms with E-state index in [4.69, 9.17) is 0 Å². The zero-order chi connectivity index (χ0) is 19.2. The van der Waals surface area contributed by atoms with Crippen molar-refractivity contribution in [2.75, 3.05) is 37.7 Å². The molecule has 2 unspecified atom stereocenters. The summed E-state index contributed by atoms with van der Waals surface area (Å²) in [5.41, 5.74) is 0. The van der Waals surface area contributed by atoms with Crippen LogP contribution >= 0.6 is 23.1 Å². The van der Waals surface area contributed by atoms with Crippen LogP contribution in [0.2, 0.25) is 0 Å². The topological polar surface area (TPSA) is 82.0 Å². The number of guanidine groups is 1. The fourth-order valence-electron chi connectivity index (χ4n) is 2.72. The minimum Gasteiger partial charge on any atom is -0.390 e. The predicted octanol–water partition coefficient (Wildman–Crippen LogP) is 1.92. The van der Waals surface area contributed by atoms with E-state index in [1.165, 1.54) is 11.3 Å². The van der Waals surface area contributed by atoms with Crippen molar-refractivity contribution in [2.24, 2.45) is 10.9 Å². The van der Waals surface area contributed by atoms with Crippen LogP contribution in [0.5, 0.6) is 0 Å². The summed E-state index contributed by atoms with van der Waals surface area (Å²) in [6.45, 7) is 9.09. The number of rotatable bonds is 7. The van der Waals surface area contributed by atoms with Crippen LogP contribution < -0.4 is 5.32 Å². The van der Waals surface area contributed by atoms with Gasteiger partial charge >= 0.3 is 0 Å². The minimum atomic E-state index is -3.46. The van der Waals surface area contributed by atoms with Crippen LogP contribution in [0.4, 0.5) is 0 Å². The average molecular weight is 420 g/mol. The first-order chi connectivity index (χ1) is 12.3. The SMILES string of the molecule is CCNC(=NCC(O)CS(=O)(=O)c1cccs1)N1CCSC(C(C)C)C1. The Bertz CT molecular complexity index is 675. The lowest BCUT2D eigenvalue weighted by Gasteiger charge is -2.36. The molecule has 1 aliphatic rings. The molecule has 2 heterocycles. The minimum absolute atomic E-state index is 0.0723. The summed E-state index contributed by atoms with van der Waals surface area (Å²) < 4.78 is 24.8. The van der Waals surface area contributed by atoms with E-state index in [1.54, 1.807) is 17.5 Å². The summed E-state index contributed by atoms with van der Waals surface area (Å²) in [6.07, 6.45) is -1.02. The molecule has 6 nitrogen and oxygen atoms in total. The van der Waals surface area contributed by atoms with Crippen molar-refractivity contribution < 1.29 is 13.5 Å². The Morgan fingerprint density at radius 1 is 1.50 bits per heavy atom. The van der Waals surface area contributed by atoms with Crippen LogP contribution in [-0.4, -0.2) is 73.4 Å². The van der Waals surface area contributed by atoms with Crippen LogP contribution in [0.1, 0.15) is 20.8 Å². The molecule has 0 bridgehead atoms. The number of thioether (sulfide) groups is 1. The second kappa shape index (κ2) is 9.96. The summed E-state index contributed by atoms with van der Waals surface area (Å²) in [5.74, 6) is 2.09. The van der Waals surface area contributed by atoms with E-state index in [2.05, 4.69) is 29.1 Å². The van der Waals surface area contributed by atoms with Gasteiger partial charge in [0.2, 0.25) is 0 Å². The number of thiophene rings is 1. The third-order valence-electron chi connectivity index (χ3n) is 4.14. The molecule has 1 aromatic heterocycles. The highest BCUT2D eigenvalue weighted by molar-refractivity contribution is 8.00. The second-order valence-electron chi connectivity index (χ2n) is 6.66. The fourth-order valence-corrected chi connectivity index (χ4v) is 6.48. The van der Waals surface area contributed by atoms with Gasteiger partial charge in [0.25, 0.3) is 0 Å². The molecule has 0 radical (unpaired) electrons. The molecule has 1 saturated heterocycles. The fraction of sp³-hybridized carbons (Fsp3) is 0.706. The summed E-state index contributed by atoms with van der Waals surface area (Å²) in [5, 5.41) is 15.7. The lowest BCUT2D eigenvalue weighted by molar-refractivity contribution is 0.205. The van der Waals surface area contributed by atoms with Crippen molar-refractivity contribution in [3.05, 3.63) is 17.5 Å². The molecule has 1 fully saturated rings. The van der Waals surface area contributed by atoms with Crippen LogP contribution in [0.3, 0.4) is 0 Å². The maximum absolute atomic E-state index is 12.3. The highest BCUT2D eigenvalue weighted by Crippen LogP contribution is 2.25. The highest BCUT2D eigenvalue weighted by Gasteiger charge is 2.25. The Morgan fingerprint density at radius 2 is 2.27 bits per heavy atom. The van der Waals surface area contributed by atoms with Gasteiger partial charge in [-0.25, -0.2) is 8.42 Å². The summed E-state index contributed by atoms with van der Waals surface area (Å²) in [6, 6.07) is 3.27. The lowest BCUT2D eigenvalue weighted by atomic mass is 10.1. The quantitative estimate of drug-likeness (QED) is 0.519. The Balaban J connectivity index is 1.99. The van der Waals surface area contributed by atoms with Crippen molar-refractivity contribution in [1.29, 1.82) is 0 Å². The van der Waals surface area contributed by atoms with Gasteiger partial charge in [0.05, 0.1) is 18.4 Å². The molecule has 0 amide bonds. The van der Waals surface area contributed by atoms with E-state index >= 15 is 0 Å². The molecule has 1 aromatic rings. The zero-order valence-corrected chi connectivity index (χ0v) is 18.0. The van der Waals surface area contributed by atoms with Crippen LogP contribution in [-0.2, 0) is 9.84 Å². The van der Waals surface area contributed by atoms with Crippen molar-refractivity contribution in [2.45, 2.75) is 36.3 Å². The number of aliphatic hydroxyl groups is 1. The number of nitrogens with zero attached hydrogens (tertiary/aromatic N) is 2. The Labute approximate surface area is 165 Å². The molecule has 0 aromatic carbocycles. The number of hydrogen-bond donors (Lipinski definition) is 2. The lowest BCUT2D eigenvalue weighted by Crippen LogP contribution is -2.49. The van der Waals surface area contributed by atoms with Gasteiger partial charge in [-0.1, -0.05) is 19.9 Å². The number of hydrogen-bond acceptors (Lipinski definition) is 6. The number of nitrogens with one attached hydrogen (secondary N) is 1. The van der Waals surface area contributed by atoms with Gasteiger partial charge in [-0.15, -0.1) is 11.3 Å². The maximum atomic E-state index is 12.3. The van der Waals surface area contributed by atoms with E-state index in [0.717, 1.165) is 31.3 Å². The normalized spacial score (nSPS) is 20.4. The smallest absolute Gasteiger partial charge is 0.194 e. The molecule has 26 heavy (non-hydrogen) atoms. The Morgan fingerprint density at radius 3 is 2.88 bits per heavy atom. The largest absolute Gasteiger partial charge is 0.390 e. The van der Waals surface area contributed by atoms with Crippen LogP contribution in [0, 0.1) is 5.92 Å². The number of aliphatic hydroxyl groups excluding tert-OH is 1. The van der Waals surface area contributed by atoms with E-state index in [1.807, 2.05) is 18.7 Å². The van der Waals surface area contributed by atoms with Gasteiger partial charge < -0.3 is 15.3 Å². The maximum Gasteiger partial charge on any atom is 0.194 e. The first-order valence-electron chi connectivity index (χ1n) is 8.92. The molecule has 2 N–H and O–H groups in total. The summed E-state index contributed by atoms with van der Waals surface area (Å²) in [4.78, 5) is 6.72. The third-order valence-corrected chi connectivity index (χ3v) is 8.96. The molecular formula is C17H29N3O3S3. The van der Waals surface area contributed by atoms with Crippen molar-refractivity contribution in [3.63, 3.8) is 0 Å². The van der Waals surface area contributed by atoms with Crippen LogP contribution in [0.15, 0.2) is 26.7 Å². The van der Waals surface area contributed by atoms with Gasteiger partial charge in [0.15, 0.2) is 15.8 Å². The standard InChI is InChI=1S/C17H29N3O3S3/c1-4-18-17(20-7-9-24-15(11-20)13(2)3)19-10-14(21)12-26(22,23)16-6-5-8-25-16/h5-6,8,13-15,21H,4,7,9-12H2,1-3H3,(H,18,19). The van der Waals surface area contributed by atoms with E-state index in [9.17, 15) is 13.5 Å². The number of sulfone groups is 1. The van der Waals surface area contributed by atoms with Gasteiger partial charge in [-0.3, -0.25) is 4.99 Å². The monoisotopic (exact) mass is 419 g/mol. The summed E-state index contributed by atoms with van der Waals surface area (Å²) >= 11 is 3.16. The van der Waals surface area contributed by atoms with Gasteiger partial charge in [0, 0.05) is 30.6 Å². The van der Waals surface area contributed by atoms with Crippen molar-refractivity contribution in [1.82, 2.24) is 10.2 Å². The van der Waals surface area contributed by atoms with E-state index in [-0.39, 0.29) is 12.3 Å². The molecule has 0 saturated carbocycles. The van der Waals surface area contributed by atoms with E-state index < -0.39 is 15.9 Å². The molecule has 0 aliphatic carbocycles. The molecule has 2 rings (SSSR count). The molecule has 1 aliphatic heterocycles. The third kappa shape index (κ3) is 6.14. The molecule has 0 spiro atoms. The highest BCUT2D eigenvalue weighted by atomic mass is 32.2. The first kappa shape index (κ1) is 21.5. The van der Waals surface area contributed by atoms with Gasteiger partial charge in [-0.2, -0.15) is 11.8 Å². The molecule has 9 heteroatoms. The van der Waals surface area contributed by atoms with Gasteiger partial charge in [0.1, 0.15) is 4.21 Å². The molecule has 2 atom stereocenters. The second-order valence-corrected chi connectivity index (χ2v) is 11.2. The zero-order valence-electron chi connectivity index (χ0n) is 15.6. The number of aliphatic imine (C=N–C) groups is 1. The predicted molar refractivity (Wildman–Crippen MR) is 111 cm³/mol. The van der Waals surface area contributed by atoms with Crippen molar-refractivity contribution in [3.8, 4) is 0 Å². The Kier molecular flexibility index (Phi) is 8.25. The molecule has 148 valence electrons. The molecular weight excluding hydrogens is 390 g/mol. The van der Waals surface area contributed by atoms with Crippen LogP contribution in [0.25, 0.3) is 0 Å². The van der Waals surface area contributed by atoms with E-state index in [0.29, 0.717) is 15.4 Å². The van der Waals surface area contributed by atoms with Crippen molar-refractivity contribution >= 4 is 38.9 Å². The van der Waals surface area contributed by atoms with Gasteiger partial charge in [-0.05, 0) is 24.3 Å². The Hall–Kier alpha value is -0.770.